The highest BCUT2D eigenvalue weighted by Gasteiger charge is 2.46. The molecule has 0 spiro atoms. The van der Waals surface area contributed by atoms with Gasteiger partial charge in [-0.1, -0.05) is 0 Å². The summed E-state index contributed by atoms with van der Waals surface area (Å²) in [6.07, 6.45) is -13.7. The monoisotopic (exact) mass is 992 g/mol. The number of phosphoric acid groups is 1. The molecular formula is C38H69N6O22P. The summed E-state index contributed by atoms with van der Waals surface area (Å²) in [5.74, 6) is -1.96. The zero-order valence-electron chi connectivity index (χ0n) is 38.2. The Morgan fingerprint density at radius 2 is 1.09 bits per heavy atom. The lowest BCUT2D eigenvalue weighted by Crippen LogP contribution is -2.64. The van der Waals surface area contributed by atoms with E-state index >= 15 is 0 Å². The lowest BCUT2D eigenvalue weighted by atomic mass is 9.95. The number of carbonyl (C=O) groups excluding carboxylic acids is 6. The van der Waals surface area contributed by atoms with E-state index in [-0.39, 0.29) is 78.1 Å². The maximum Gasteiger partial charge on any atom is 0.473 e. The third kappa shape index (κ3) is 23.3. The van der Waals surface area contributed by atoms with Crippen LogP contribution in [0.1, 0.15) is 66.7 Å². The third-order valence-corrected chi connectivity index (χ3v) is 10.6. The lowest BCUT2D eigenvalue weighted by molar-refractivity contribution is -0.270. The molecule has 28 nitrogen and oxygen atoms in total. The number of alkyl carbamates (subject to hydrolysis) is 2. The van der Waals surface area contributed by atoms with Crippen molar-refractivity contribution in [2.45, 2.75) is 140 Å². The second-order valence-corrected chi connectivity index (χ2v) is 17.6. The van der Waals surface area contributed by atoms with Crippen LogP contribution < -0.4 is 31.9 Å². The summed E-state index contributed by atoms with van der Waals surface area (Å²) < 4.78 is 55.3. The second kappa shape index (κ2) is 29.9. The summed E-state index contributed by atoms with van der Waals surface area (Å²) >= 11 is 0. The average Bonchev–Trinajstić information content (AvgIpc) is 3.23. The summed E-state index contributed by atoms with van der Waals surface area (Å²) in [5.41, 5.74) is -1.15. The standard InChI is InChI=1S/C38H69N6O22P/c1-21(47)43-28-32(53)30(51)24(10-15-45)63-34(28)59-16-6-11-39-26(49)8-13-41-36(55)61-19-23(65-67(57,58)66-38(3,4)5)20-62-37(56)42-14-9-27(50)40-12-7-17-60-35-29(44-22(2)48)33(54)31(52)25(18-46)64-35/h23-25,28-35,45-46,51-54H,6-20H2,1-5H3,(H,39,49)(H,40,50)(H,41,55)(H,42,56)(H,43,47)(H,44,48)(H,57,58)/t23?,24-,25-,28-,29-,30+,31+,32-,33-,34-,35-/m1/s1. The Balaban J connectivity index is 1.73. The normalized spacial score (nSPS) is 26.5. The van der Waals surface area contributed by atoms with Crippen LogP contribution in [0, 0.1) is 0 Å². The maximum atomic E-state index is 12.7. The van der Waals surface area contributed by atoms with Gasteiger partial charge in [-0.3, -0.25) is 28.2 Å². The third-order valence-electron chi connectivity index (χ3n) is 9.30. The molecule has 2 rings (SSSR count). The number of rotatable bonds is 28. The van der Waals surface area contributed by atoms with Crippen molar-refractivity contribution in [3.05, 3.63) is 0 Å². The van der Waals surface area contributed by atoms with Crippen molar-refractivity contribution in [1.82, 2.24) is 31.9 Å². The van der Waals surface area contributed by atoms with Crippen LogP contribution in [0.25, 0.3) is 0 Å². The van der Waals surface area contributed by atoms with E-state index in [9.17, 15) is 68.9 Å². The van der Waals surface area contributed by atoms with E-state index in [1.165, 1.54) is 34.6 Å². The van der Waals surface area contributed by atoms with Crippen molar-refractivity contribution in [2.75, 3.05) is 65.8 Å². The molecule has 0 aromatic carbocycles. The summed E-state index contributed by atoms with van der Waals surface area (Å²) in [4.78, 5) is 82.9. The van der Waals surface area contributed by atoms with Crippen LogP contribution in [0.5, 0.6) is 0 Å². The molecule has 0 aromatic rings. The van der Waals surface area contributed by atoms with Crippen molar-refractivity contribution >= 4 is 43.6 Å². The Morgan fingerprint density at radius 1 is 0.657 bits per heavy atom. The molecule has 2 fully saturated rings. The van der Waals surface area contributed by atoms with E-state index in [0.29, 0.717) is 0 Å². The van der Waals surface area contributed by atoms with Crippen LogP contribution in [0.2, 0.25) is 0 Å². The zero-order valence-corrected chi connectivity index (χ0v) is 39.1. The Bertz CT molecular complexity index is 1610. The number of hydrogen-bond acceptors (Lipinski definition) is 21. The fraction of sp³-hybridized carbons (Fsp3) is 0.842. The van der Waals surface area contributed by atoms with Crippen molar-refractivity contribution < 1.29 is 106 Å². The maximum absolute atomic E-state index is 12.7. The van der Waals surface area contributed by atoms with Gasteiger partial charge < -0.3 is 95.9 Å². The highest BCUT2D eigenvalue weighted by Crippen LogP contribution is 2.48. The molecule has 29 heteroatoms. The van der Waals surface area contributed by atoms with E-state index in [4.69, 9.17) is 37.5 Å². The molecule has 2 aliphatic rings. The van der Waals surface area contributed by atoms with E-state index in [2.05, 4.69) is 31.9 Å². The molecule has 2 saturated heterocycles. The molecule has 12 atom stereocenters. The highest BCUT2D eigenvalue weighted by molar-refractivity contribution is 7.47. The predicted octanol–water partition coefficient (Wildman–Crippen LogP) is -4.16. The molecule has 2 unspecified atom stereocenters. The average molecular weight is 993 g/mol. The summed E-state index contributed by atoms with van der Waals surface area (Å²) in [6, 6.07) is -2.22. The molecule has 0 saturated carbocycles. The zero-order chi connectivity index (χ0) is 50.3. The summed E-state index contributed by atoms with van der Waals surface area (Å²) in [6.45, 7) is 4.29. The molecule has 0 aliphatic carbocycles. The van der Waals surface area contributed by atoms with Crippen LogP contribution >= 0.6 is 7.82 Å². The minimum Gasteiger partial charge on any atom is -0.447 e. The van der Waals surface area contributed by atoms with Gasteiger partial charge in [0.15, 0.2) is 12.6 Å². The quantitative estimate of drug-likeness (QED) is 0.0261. The molecule has 13 N–H and O–H groups in total. The van der Waals surface area contributed by atoms with E-state index in [0.717, 1.165) is 0 Å². The van der Waals surface area contributed by atoms with E-state index < -0.39 is 136 Å². The first kappa shape index (κ1) is 59.3. The van der Waals surface area contributed by atoms with Crippen LogP contribution in [-0.2, 0) is 61.2 Å². The number of carbonyl (C=O) groups is 6. The molecule has 67 heavy (non-hydrogen) atoms. The lowest BCUT2D eigenvalue weighted by Gasteiger charge is -2.42. The largest absolute Gasteiger partial charge is 0.473 e. The van der Waals surface area contributed by atoms with Crippen LogP contribution in [0.3, 0.4) is 0 Å². The molecule has 2 heterocycles. The minimum absolute atomic E-state index is 0.00491. The van der Waals surface area contributed by atoms with Crippen LogP contribution in [0.15, 0.2) is 0 Å². The predicted molar refractivity (Wildman–Crippen MR) is 226 cm³/mol. The smallest absolute Gasteiger partial charge is 0.447 e. The molecule has 388 valence electrons. The van der Waals surface area contributed by atoms with Gasteiger partial charge in [0.05, 0.1) is 31.5 Å². The molecule has 0 radical (unpaired) electrons. The van der Waals surface area contributed by atoms with Crippen molar-refractivity contribution in [3.8, 4) is 0 Å². The number of phosphoric ester groups is 1. The Labute approximate surface area is 387 Å². The summed E-state index contributed by atoms with van der Waals surface area (Å²) in [7, 11) is -4.80. The van der Waals surface area contributed by atoms with Crippen molar-refractivity contribution in [2.24, 2.45) is 0 Å². The minimum atomic E-state index is -4.80. The van der Waals surface area contributed by atoms with Gasteiger partial charge in [0.25, 0.3) is 0 Å². The summed E-state index contributed by atoms with van der Waals surface area (Å²) in [5, 5.41) is 74.6. The fourth-order valence-electron chi connectivity index (χ4n) is 6.28. The first-order chi connectivity index (χ1) is 31.5. The molecule has 6 amide bonds. The number of hydrogen-bond donors (Lipinski definition) is 13. The first-order valence-electron chi connectivity index (χ1n) is 21.6. The molecular weight excluding hydrogens is 923 g/mol. The SMILES string of the molecule is CC(=O)N[C@H]1[C@H](OCCCNC(=O)CCNC(=O)OCC(COC(=O)NCCC(=O)NCCCO[C@@H]2O[C@H](CCO)[C@H](O)[C@H](O)[C@H]2NC(C)=O)OP(=O)(O)OC(C)(C)C)O[C@H](CO)[C@H](O)[C@@H]1O. The highest BCUT2D eigenvalue weighted by atomic mass is 31.2. The number of ether oxygens (including phenoxy) is 6. The van der Waals surface area contributed by atoms with Crippen LogP contribution in [0.4, 0.5) is 9.59 Å². The number of aliphatic hydroxyl groups is 6. The van der Waals surface area contributed by atoms with E-state index in [1.54, 1.807) is 0 Å². The number of nitrogens with one attached hydrogen (secondary N) is 6. The molecule has 2 aliphatic heterocycles. The number of amides is 6. The van der Waals surface area contributed by atoms with Crippen molar-refractivity contribution in [3.63, 3.8) is 0 Å². The van der Waals surface area contributed by atoms with Gasteiger partial charge in [-0.15, -0.1) is 0 Å². The van der Waals surface area contributed by atoms with Crippen LogP contribution in [-0.4, -0.2) is 210 Å². The van der Waals surface area contributed by atoms with Gasteiger partial charge in [-0.05, 0) is 40.0 Å². The van der Waals surface area contributed by atoms with Gasteiger partial charge in [0.2, 0.25) is 23.6 Å². The van der Waals surface area contributed by atoms with Crippen molar-refractivity contribution in [1.29, 1.82) is 0 Å². The van der Waals surface area contributed by atoms with Gasteiger partial charge in [0.1, 0.15) is 61.9 Å². The fourth-order valence-corrected chi connectivity index (χ4v) is 7.51. The topological polar surface area (TPSA) is 407 Å². The Hall–Kier alpha value is -3.87. The molecule has 0 bridgehead atoms. The number of aliphatic hydroxyl groups excluding tert-OH is 6. The van der Waals surface area contributed by atoms with Gasteiger partial charge in [0, 0.05) is 59.5 Å². The van der Waals surface area contributed by atoms with E-state index in [1.807, 2.05) is 0 Å². The van der Waals surface area contributed by atoms with Gasteiger partial charge in [-0.2, -0.15) is 0 Å². The Kier molecular flexibility index (Phi) is 26.4. The molecule has 0 aromatic heterocycles. The second-order valence-electron chi connectivity index (χ2n) is 16.3. The van der Waals surface area contributed by atoms with Gasteiger partial charge in [-0.25, -0.2) is 14.2 Å². The Morgan fingerprint density at radius 3 is 1.49 bits per heavy atom. The van der Waals surface area contributed by atoms with Gasteiger partial charge >= 0.3 is 20.0 Å². The first-order valence-corrected chi connectivity index (χ1v) is 23.0.